The average molecular weight is 432 g/mol. The van der Waals surface area contributed by atoms with Crippen LogP contribution in [0.4, 0.5) is 0 Å². The van der Waals surface area contributed by atoms with Gasteiger partial charge in [0.05, 0.1) is 18.4 Å². The van der Waals surface area contributed by atoms with Crippen molar-refractivity contribution in [2.45, 2.75) is 51.6 Å². The fraction of sp³-hybridized carbons (Fsp3) is 0.895. The maximum Gasteiger partial charge on any atom is 0.220 e. The number of likely N-dealkylation sites (tertiary alicyclic amines) is 1. The van der Waals surface area contributed by atoms with E-state index in [0.29, 0.717) is 25.5 Å². The molecule has 10 heteroatoms. The predicted octanol–water partition coefficient (Wildman–Crippen LogP) is 0.289. The topological polar surface area (TPSA) is 112 Å². The number of rotatable bonds is 9. The number of carbonyl (C=O) groups excluding carboxylic acids is 1. The summed E-state index contributed by atoms with van der Waals surface area (Å²) >= 11 is 0. The lowest BCUT2D eigenvalue weighted by Crippen LogP contribution is -2.46. The van der Waals surface area contributed by atoms with Gasteiger partial charge in [-0.05, 0) is 44.9 Å². The Kier molecular flexibility index (Phi) is 10.2. The van der Waals surface area contributed by atoms with Crippen LogP contribution in [0, 0.1) is 5.92 Å². The van der Waals surface area contributed by atoms with Crippen molar-refractivity contribution in [2.24, 2.45) is 10.9 Å². The Morgan fingerprint density at radius 3 is 2.59 bits per heavy atom. The van der Waals surface area contributed by atoms with Crippen LogP contribution in [0.2, 0.25) is 0 Å². The van der Waals surface area contributed by atoms with Crippen LogP contribution in [0.3, 0.4) is 0 Å². The summed E-state index contributed by atoms with van der Waals surface area (Å²) in [6, 6.07) is 0. The Bertz CT molecular complexity index is 627. The lowest BCUT2D eigenvalue weighted by atomic mass is 9.93. The van der Waals surface area contributed by atoms with Gasteiger partial charge >= 0.3 is 0 Å². The van der Waals surface area contributed by atoms with Crippen molar-refractivity contribution < 1.29 is 17.9 Å². The molecule has 1 unspecified atom stereocenters. The number of hydrogen-bond donors (Lipinski definition) is 3. The Hall–Kier alpha value is -1.39. The molecule has 2 aliphatic heterocycles. The quantitative estimate of drug-likeness (QED) is 0.357. The first-order valence-corrected chi connectivity index (χ1v) is 12.4. The third kappa shape index (κ3) is 8.88. The Balaban J connectivity index is 1.78. The normalized spacial score (nSPS) is 21.8. The highest BCUT2D eigenvalue weighted by atomic mass is 32.2. The summed E-state index contributed by atoms with van der Waals surface area (Å²) < 4.78 is 32.7. The number of guanidine groups is 1. The van der Waals surface area contributed by atoms with Gasteiger partial charge in [-0.15, -0.1) is 0 Å². The zero-order valence-electron chi connectivity index (χ0n) is 17.8. The molecule has 3 N–H and O–H groups in total. The molecular formula is C19H37N5O4S. The molecule has 0 aliphatic carbocycles. The minimum atomic E-state index is -3.38. The summed E-state index contributed by atoms with van der Waals surface area (Å²) in [5.74, 6) is 1.18. The number of ether oxygens (including phenoxy) is 1. The number of aliphatic imine (C=N–C) groups is 1. The second-order valence-electron chi connectivity index (χ2n) is 7.70. The van der Waals surface area contributed by atoms with E-state index in [9.17, 15) is 13.2 Å². The molecule has 0 radical (unpaired) electrons. The van der Waals surface area contributed by atoms with E-state index in [0.717, 1.165) is 57.7 Å². The van der Waals surface area contributed by atoms with E-state index in [2.05, 4.69) is 25.2 Å². The molecule has 168 valence electrons. The fourth-order valence-electron chi connectivity index (χ4n) is 3.67. The lowest BCUT2D eigenvalue weighted by Gasteiger charge is -2.34. The summed E-state index contributed by atoms with van der Waals surface area (Å²) in [7, 11) is -1.71. The van der Waals surface area contributed by atoms with Gasteiger partial charge in [0, 0.05) is 46.3 Å². The highest BCUT2D eigenvalue weighted by Crippen LogP contribution is 2.20. The molecule has 2 heterocycles. The van der Waals surface area contributed by atoms with Crippen molar-refractivity contribution in [1.29, 1.82) is 0 Å². The van der Waals surface area contributed by atoms with Gasteiger partial charge in [-0.2, -0.15) is 0 Å². The molecule has 0 saturated carbocycles. The third-order valence-corrected chi connectivity index (χ3v) is 6.75. The van der Waals surface area contributed by atoms with Gasteiger partial charge in [-0.3, -0.25) is 9.79 Å². The van der Waals surface area contributed by atoms with Gasteiger partial charge < -0.3 is 20.3 Å². The van der Waals surface area contributed by atoms with Crippen LogP contribution in [0.5, 0.6) is 0 Å². The van der Waals surface area contributed by atoms with Gasteiger partial charge in [0.25, 0.3) is 0 Å². The Morgan fingerprint density at radius 2 is 1.97 bits per heavy atom. The molecule has 0 spiro atoms. The van der Waals surface area contributed by atoms with E-state index in [4.69, 9.17) is 4.74 Å². The lowest BCUT2D eigenvalue weighted by molar-refractivity contribution is -0.121. The highest BCUT2D eigenvalue weighted by molar-refractivity contribution is 7.89. The van der Waals surface area contributed by atoms with Gasteiger partial charge in [0.2, 0.25) is 15.9 Å². The van der Waals surface area contributed by atoms with E-state index < -0.39 is 10.0 Å². The largest absolute Gasteiger partial charge is 0.377 e. The minimum Gasteiger partial charge on any atom is -0.377 e. The maximum absolute atomic E-state index is 12.3. The average Bonchev–Trinajstić information content (AvgIpc) is 2.73. The molecule has 0 aromatic carbocycles. The summed E-state index contributed by atoms with van der Waals surface area (Å²) in [6.07, 6.45) is 5.44. The van der Waals surface area contributed by atoms with Gasteiger partial charge in [0.1, 0.15) is 0 Å². The van der Waals surface area contributed by atoms with Crippen LogP contribution in [0.25, 0.3) is 0 Å². The van der Waals surface area contributed by atoms with E-state index >= 15 is 0 Å². The Morgan fingerprint density at radius 1 is 1.21 bits per heavy atom. The second-order valence-corrected chi connectivity index (χ2v) is 9.63. The van der Waals surface area contributed by atoms with Crippen LogP contribution < -0.4 is 15.4 Å². The number of piperidine rings is 1. The first-order chi connectivity index (χ1) is 13.9. The Labute approximate surface area is 175 Å². The maximum atomic E-state index is 12.3. The van der Waals surface area contributed by atoms with Gasteiger partial charge in [-0.25, -0.2) is 13.1 Å². The van der Waals surface area contributed by atoms with E-state index in [1.54, 1.807) is 7.05 Å². The molecule has 1 amide bonds. The number of carbonyl (C=O) groups is 1. The van der Waals surface area contributed by atoms with Crippen molar-refractivity contribution in [3.05, 3.63) is 0 Å². The van der Waals surface area contributed by atoms with Crippen LogP contribution in [0.15, 0.2) is 4.99 Å². The fourth-order valence-corrected chi connectivity index (χ4v) is 4.59. The third-order valence-electron chi connectivity index (χ3n) is 5.43. The molecule has 0 aromatic heterocycles. The minimum absolute atomic E-state index is 0.0181. The number of amides is 1. The number of hydrogen-bond acceptors (Lipinski definition) is 5. The first-order valence-electron chi connectivity index (χ1n) is 10.8. The van der Waals surface area contributed by atoms with Crippen molar-refractivity contribution in [3.63, 3.8) is 0 Å². The molecule has 2 rings (SSSR count). The molecule has 2 saturated heterocycles. The van der Waals surface area contributed by atoms with Gasteiger partial charge in [0.15, 0.2) is 5.96 Å². The van der Waals surface area contributed by atoms with Crippen LogP contribution in [-0.4, -0.2) is 83.4 Å². The molecular weight excluding hydrogens is 394 g/mol. The van der Waals surface area contributed by atoms with Crippen LogP contribution in [-0.2, 0) is 19.6 Å². The summed E-state index contributed by atoms with van der Waals surface area (Å²) in [5.41, 5.74) is 0. The molecule has 9 nitrogen and oxygen atoms in total. The van der Waals surface area contributed by atoms with Crippen molar-refractivity contribution >= 4 is 21.9 Å². The van der Waals surface area contributed by atoms with E-state index in [1.165, 1.54) is 0 Å². The zero-order chi connectivity index (χ0) is 21.1. The zero-order valence-corrected chi connectivity index (χ0v) is 18.6. The molecule has 0 aromatic rings. The van der Waals surface area contributed by atoms with Crippen molar-refractivity contribution in [2.75, 3.05) is 52.1 Å². The SMILES string of the molecule is CCNC(=NCCS(=O)(=O)NCC1CCCCO1)N1CCC(CC(=O)NC)CC1. The van der Waals surface area contributed by atoms with E-state index in [1.807, 2.05) is 6.92 Å². The summed E-state index contributed by atoms with van der Waals surface area (Å²) in [5, 5.41) is 5.93. The predicted molar refractivity (Wildman–Crippen MR) is 114 cm³/mol. The molecule has 29 heavy (non-hydrogen) atoms. The van der Waals surface area contributed by atoms with E-state index in [-0.39, 0.29) is 24.3 Å². The van der Waals surface area contributed by atoms with Crippen molar-refractivity contribution in [1.82, 2.24) is 20.3 Å². The second kappa shape index (κ2) is 12.3. The molecule has 2 aliphatic rings. The number of nitrogens with one attached hydrogen (secondary N) is 3. The van der Waals surface area contributed by atoms with Gasteiger partial charge in [-0.1, -0.05) is 0 Å². The smallest absolute Gasteiger partial charge is 0.220 e. The van der Waals surface area contributed by atoms with Crippen LogP contribution >= 0.6 is 0 Å². The van der Waals surface area contributed by atoms with Crippen molar-refractivity contribution in [3.8, 4) is 0 Å². The molecule has 1 atom stereocenters. The molecule has 0 bridgehead atoms. The summed E-state index contributed by atoms with van der Waals surface area (Å²) in [6.45, 7) is 5.61. The molecule has 2 fully saturated rings. The number of sulfonamides is 1. The summed E-state index contributed by atoms with van der Waals surface area (Å²) in [4.78, 5) is 18.2. The monoisotopic (exact) mass is 431 g/mol. The highest BCUT2D eigenvalue weighted by Gasteiger charge is 2.23. The van der Waals surface area contributed by atoms with Crippen LogP contribution in [0.1, 0.15) is 45.4 Å². The standard InChI is InChI=1S/C19H37N5O4S/c1-3-21-19(24-10-7-16(8-11-24)14-18(25)20-2)22-9-13-29(26,27)23-15-17-6-4-5-12-28-17/h16-17,23H,3-15H2,1-2H3,(H,20,25)(H,21,22). The number of nitrogens with zero attached hydrogens (tertiary/aromatic N) is 2. The first kappa shape index (κ1) is 23.9.